The van der Waals surface area contributed by atoms with E-state index in [1.165, 1.54) is 12.8 Å². The number of nitrogens with two attached hydrogens (primary N) is 1. The van der Waals surface area contributed by atoms with Gasteiger partial charge in [-0.3, -0.25) is 4.79 Å². The van der Waals surface area contributed by atoms with Crippen molar-refractivity contribution in [3.05, 3.63) is 34.3 Å². The van der Waals surface area contributed by atoms with E-state index in [0.717, 1.165) is 18.4 Å². The van der Waals surface area contributed by atoms with Crippen LogP contribution in [-0.4, -0.2) is 18.5 Å². The van der Waals surface area contributed by atoms with Crippen LogP contribution in [0.15, 0.2) is 18.2 Å². The normalized spacial score (nSPS) is 17.4. The number of amides is 1. The summed E-state index contributed by atoms with van der Waals surface area (Å²) in [6, 6.07) is 5.46. The number of rotatable bonds is 4. The maximum absolute atomic E-state index is 12.3. The van der Waals surface area contributed by atoms with Gasteiger partial charge >= 0.3 is 0 Å². The highest BCUT2D eigenvalue weighted by Crippen LogP contribution is 2.27. The molecular formula is C15H21ClN2O. The van der Waals surface area contributed by atoms with Gasteiger partial charge in [0.2, 0.25) is 0 Å². The third kappa shape index (κ3) is 3.48. The molecule has 4 heteroatoms. The van der Waals surface area contributed by atoms with Gasteiger partial charge in [0.25, 0.3) is 5.91 Å². The molecule has 19 heavy (non-hydrogen) atoms. The fourth-order valence-electron chi connectivity index (χ4n) is 2.81. The van der Waals surface area contributed by atoms with Crippen molar-refractivity contribution in [2.24, 2.45) is 11.7 Å². The summed E-state index contributed by atoms with van der Waals surface area (Å²) in [5, 5.41) is 3.65. The summed E-state index contributed by atoms with van der Waals surface area (Å²) in [6.07, 6.45) is 4.81. The van der Waals surface area contributed by atoms with Crippen molar-refractivity contribution in [3.8, 4) is 0 Å². The molecule has 0 saturated heterocycles. The molecule has 3 N–H and O–H groups in total. The lowest BCUT2D eigenvalue weighted by Crippen LogP contribution is -2.44. The molecule has 1 fully saturated rings. The zero-order valence-electron chi connectivity index (χ0n) is 11.3. The standard InChI is InChI=1S/C15H21ClN2O/c1-10-6-7-12(16)8-13(10)15(19)18-14(9-17)11-4-2-3-5-11/h6-8,11,14H,2-5,9,17H2,1H3,(H,18,19). The van der Waals surface area contributed by atoms with Crippen molar-refractivity contribution in [1.29, 1.82) is 0 Å². The highest BCUT2D eigenvalue weighted by atomic mass is 35.5. The van der Waals surface area contributed by atoms with E-state index in [0.29, 0.717) is 23.0 Å². The Morgan fingerprint density at radius 1 is 1.47 bits per heavy atom. The molecule has 0 aliphatic heterocycles. The first-order valence-electron chi connectivity index (χ1n) is 6.89. The molecule has 1 amide bonds. The second-order valence-electron chi connectivity index (χ2n) is 5.32. The first kappa shape index (κ1) is 14.4. The van der Waals surface area contributed by atoms with E-state index in [9.17, 15) is 4.79 Å². The second-order valence-corrected chi connectivity index (χ2v) is 5.76. The molecule has 3 nitrogen and oxygen atoms in total. The molecule has 2 rings (SSSR count). The van der Waals surface area contributed by atoms with Crippen LogP contribution >= 0.6 is 11.6 Å². The van der Waals surface area contributed by atoms with Crippen LogP contribution in [0.3, 0.4) is 0 Å². The third-order valence-corrected chi connectivity index (χ3v) is 4.22. The van der Waals surface area contributed by atoms with Crippen molar-refractivity contribution in [2.75, 3.05) is 6.54 Å². The molecule has 1 aliphatic carbocycles. The van der Waals surface area contributed by atoms with E-state index in [-0.39, 0.29) is 11.9 Å². The Balaban J connectivity index is 2.08. The maximum Gasteiger partial charge on any atom is 0.251 e. The van der Waals surface area contributed by atoms with Gasteiger partial charge in [-0.2, -0.15) is 0 Å². The number of carbonyl (C=O) groups excluding carboxylic acids is 1. The van der Waals surface area contributed by atoms with Gasteiger partial charge in [0.15, 0.2) is 0 Å². The monoisotopic (exact) mass is 280 g/mol. The predicted molar refractivity (Wildman–Crippen MR) is 78.5 cm³/mol. The number of halogens is 1. The fourth-order valence-corrected chi connectivity index (χ4v) is 2.99. The van der Waals surface area contributed by atoms with Crippen LogP contribution in [0, 0.1) is 12.8 Å². The van der Waals surface area contributed by atoms with Gasteiger partial charge in [0, 0.05) is 23.2 Å². The second kappa shape index (κ2) is 6.40. The van der Waals surface area contributed by atoms with Crippen molar-refractivity contribution < 1.29 is 4.79 Å². The zero-order valence-corrected chi connectivity index (χ0v) is 12.0. The SMILES string of the molecule is Cc1ccc(Cl)cc1C(=O)NC(CN)C1CCCC1. The fraction of sp³-hybridized carbons (Fsp3) is 0.533. The van der Waals surface area contributed by atoms with E-state index < -0.39 is 0 Å². The van der Waals surface area contributed by atoms with Crippen LogP contribution < -0.4 is 11.1 Å². The summed E-state index contributed by atoms with van der Waals surface area (Å²) in [6.45, 7) is 2.41. The molecule has 0 radical (unpaired) electrons. The van der Waals surface area contributed by atoms with Gasteiger partial charge in [-0.15, -0.1) is 0 Å². The summed E-state index contributed by atoms with van der Waals surface area (Å²) in [7, 11) is 0. The van der Waals surface area contributed by atoms with E-state index in [1.807, 2.05) is 13.0 Å². The number of hydrogen-bond acceptors (Lipinski definition) is 2. The molecule has 1 saturated carbocycles. The average Bonchev–Trinajstić information content (AvgIpc) is 2.92. The topological polar surface area (TPSA) is 55.1 Å². The van der Waals surface area contributed by atoms with E-state index in [2.05, 4.69) is 5.32 Å². The van der Waals surface area contributed by atoms with Gasteiger partial charge in [-0.25, -0.2) is 0 Å². The number of benzene rings is 1. The Labute approximate surface area is 119 Å². The zero-order chi connectivity index (χ0) is 13.8. The minimum Gasteiger partial charge on any atom is -0.348 e. The van der Waals surface area contributed by atoms with Crippen LogP contribution in [0.4, 0.5) is 0 Å². The van der Waals surface area contributed by atoms with Crippen LogP contribution in [0.25, 0.3) is 0 Å². The summed E-state index contributed by atoms with van der Waals surface area (Å²) >= 11 is 5.95. The molecule has 1 unspecified atom stereocenters. The van der Waals surface area contributed by atoms with Crippen molar-refractivity contribution in [2.45, 2.75) is 38.6 Å². The highest BCUT2D eigenvalue weighted by molar-refractivity contribution is 6.31. The Hall–Kier alpha value is -1.06. The number of aryl methyl sites for hydroxylation is 1. The van der Waals surface area contributed by atoms with E-state index >= 15 is 0 Å². The Morgan fingerprint density at radius 2 is 2.16 bits per heavy atom. The molecule has 0 bridgehead atoms. The largest absolute Gasteiger partial charge is 0.348 e. The van der Waals surface area contributed by atoms with Crippen molar-refractivity contribution in [1.82, 2.24) is 5.32 Å². The molecule has 1 atom stereocenters. The van der Waals surface area contributed by atoms with Gasteiger partial charge < -0.3 is 11.1 Å². The lowest BCUT2D eigenvalue weighted by molar-refractivity contribution is 0.0923. The first-order valence-corrected chi connectivity index (χ1v) is 7.26. The molecule has 1 aromatic rings. The minimum absolute atomic E-state index is 0.0673. The Bertz CT molecular complexity index is 455. The molecule has 0 heterocycles. The summed E-state index contributed by atoms with van der Waals surface area (Å²) in [4.78, 5) is 12.3. The smallest absolute Gasteiger partial charge is 0.251 e. The third-order valence-electron chi connectivity index (χ3n) is 3.98. The van der Waals surface area contributed by atoms with Crippen molar-refractivity contribution in [3.63, 3.8) is 0 Å². The quantitative estimate of drug-likeness (QED) is 0.891. The summed E-state index contributed by atoms with van der Waals surface area (Å²) in [5.41, 5.74) is 7.38. The van der Waals surface area contributed by atoms with Crippen LogP contribution in [-0.2, 0) is 0 Å². The van der Waals surface area contributed by atoms with Crippen molar-refractivity contribution >= 4 is 17.5 Å². The first-order chi connectivity index (χ1) is 9.11. The predicted octanol–water partition coefficient (Wildman–Crippen LogP) is 2.90. The van der Waals surface area contributed by atoms with Gasteiger partial charge in [0.05, 0.1) is 0 Å². The summed E-state index contributed by atoms with van der Waals surface area (Å²) in [5.74, 6) is 0.454. The van der Waals surface area contributed by atoms with Gasteiger partial charge in [-0.05, 0) is 43.4 Å². The van der Waals surface area contributed by atoms with E-state index in [1.54, 1.807) is 12.1 Å². The Kier molecular flexibility index (Phi) is 4.83. The molecule has 104 valence electrons. The van der Waals surface area contributed by atoms with Gasteiger partial charge in [-0.1, -0.05) is 30.5 Å². The van der Waals surface area contributed by atoms with Crippen LogP contribution in [0.1, 0.15) is 41.6 Å². The highest BCUT2D eigenvalue weighted by Gasteiger charge is 2.25. The average molecular weight is 281 g/mol. The molecule has 0 aromatic heterocycles. The number of carbonyl (C=O) groups is 1. The summed E-state index contributed by atoms with van der Waals surface area (Å²) < 4.78 is 0. The minimum atomic E-state index is -0.0673. The maximum atomic E-state index is 12.3. The molecule has 1 aromatic carbocycles. The van der Waals surface area contributed by atoms with E-state index in [4.69, 9.17) is 17.3 Å². The molecule has 1 aliphatic rings. The lowest BCUT2D eigenvalue weighted by atomic mass is 9.97. The molecular weight excluding hydrogens is 260 g/mol. The van der Waals surface area contributed by atoms with Crippen LogP contribution in [0.5, 0.6) is 0 Å². The number of hydrogen-bond donors (Lipinski definition) is 2. The lowest BCUT2D eigenvalue weighted by Gasteiger charge is -2.23. The number of nitrogens with one attached hydrogen (secondary N) is 1. The van der Waals surface area contributed by atoms with Gasteiger partial charge in [0.1, 0.15) is 0 Å². The Morgan fingerprint density at radius 3 is 2.79 bits per heavy atom. The molecule has 0 spiro atoms. The van der Waals surface area contributed by atoms with Crippen LogP contribution in [0.2, 0.25) is 5.02 Å².